The van der Waals surface area contributed by atoms with E-state index in [0.29, 0.717) is 12.1 Å². The van der Waals surface area contributed by atoms with Crippen LogP contribution in [0.5, 0.6) is 5.75 Å². The summed E-state index contributed by atoms with van der Waals surface area (Å²) in [5.41, 5.74) is 3.08. The quantitative estimate of drug-likeness (QED) is 0.793. The Kier molecular flexibility index (Phi) is 6.35. The highest BCUT2D eigenvalue weighted by molar-refractivity contribution is 5.93. The monoisotopic (exact) mass is 409 g/mol. The van der Waals surface area contributed by atoms with E-state index in [-0.39, 0.29) is 17.6 Å². The minimum Gasteiger partial charge on any atom is -0.496 e. The number of hydrogen-bond donors (Lipinski definition) is 1. The zero-order valence-corrected chi connectivity index (χ0v) is 17.9. The number of amides is 1. The molecule has 1 aromatic carbocycles. The molecule has 0 unspecified atom stereocenters. The van der Waals surface area contributed by atoms with Gasteiger partial charge in [-0.05, 0) is 61.9 Å². The summed E-state index contributed by atoms with van der Waals surface area (Å²) in [7, 11) is 1.71. The number of hydrogen-bond acceptors (Lipinski definition) is 5. The summed E-state index contributed by atoms with van der Waals surface area (Å²) in [6, 6.07) is 9.98. The van der Waals surface area contributed by atoms with Crippen LogP contribution in [0, 0.1) is 6.92 Å². The number of rotatable bonds is 6. The molecule has 160 valence electrons. The van der Waals surface area contributed by atoms with Crippen LogP contribution >= 0.6 is 0 Å². The number of carbonyl (C=O) groups excluding carboxylic acids is 1. The standard InChI is InChI=1S/C24H31N3O3/c1-18-14-19(5-6-22(18)29-2)17-27-12-9-24(10-13-27)8-7-21(30-24)16-26-23(28)20-4-3-11-25-15-20/h3-6,11,14-15,21H,7-10,12-13,16-17H2,1-2H3,(H,26,28)/t21-/m1/s1. The van der Waals surface area contributed by atoms with Gasteiger partial charge in [-0.15, -0.1) is 0 Å². The lowest BCUT2D eigenvalue weighted by molar-refractivity contribution is -0.0764. The van der Waals surface area contributed by atoms with Crippen molar-refractivity contribution in [2.24, 2.45) is 0 Å². The largest absolute Gasteiger partial charge is 0.496 e. The van der Waals surface area contributed by atoms with Crippen molar-refractivity contribution in [3.8, 4) is 5.75 Å². The van der Waals surface area contributed by atoms with Crippen molar-refractivity contribution in [1.29, 1.82) is 0 Å². The van der Waals surface area contributed by atoms with Gasteiger partial charge in [-0.2, -0.15) is 0 Å². The molecule has 1 spiro atoms. The first-order chi connectivity index (χ1) is 14.6. The average Bonchev–Trinajstić information content (AvgIpc) is 3.17. The molecule has 0 aliphatic carbocycles. The summed E-state index contributed by atoms with van der Waals surface area (Å²) in [5.74, 6) is 0.856. The molecule has 0 saturated carbocycles. The Bertz CT molecular complexity index is 863. The third-order valence-electron chi connectivity index (χ3n) is 6.39. The molecule has 1 aromatic heterocycles. The number of piperidine rings is 1. The van der Waals surface area contributed by atoms with Gasteiger partial charge in [-0.25, -0.2) is 0 Å². The topological polar surface area (TPSA) is 63.7 Å². The van der Waals surface area contributed by atoms with E-state index < -0.39 is 0 Å². The van der Waals surface area contributed by atoms with E-state index in [0.717, 1.165) is 51.1 Å². The molecule has 2 fully saturated rings. The molecule has 1 atom stereocenters. The van der Waals surface area contributed by atoms with Crippen molar-refractivity contribution in [1.82, 2.24) is 15.2 Å². The minimum atomic E-state index is -0.0859. The van der Waals surface area contributed by atoms with E-state index in [1.807, 2.05) is 0 Å². The Labute approximate surface area is 178 Å². The summed E-state index contributed by atoms with van der Waals surface area (Å²) in [6.07, 6.45) is 7.54. The Morgan fingerprint density at radius 1 is 1.30 bits per heavy atom. The third kappa shape index (κ3) is 4.82. The number of nitrogens with one attached hydrogen (secondary N) is 1. The third-order valence-corrected chi connectivity index (χ3v) is 6.39. The highest BCUT2D eigenvalue weighted by Gasteiger charge is 2.42. The van der Waals surface area contributed by atoms with Crippen LogP contribution in [0.2, 0.25) is 0 Å². The van der Waals surface area contributed by atoms with Crippen LogP contribution in [0.25, 0.3) is 0 Å². The summed E-state index contributed by atoms with van der Waals surface area (Å²) in [5, 5.41) is 2.99. The minimum absolute atomic E-state index is 0.0178. The number of ether oxygens (including phenoxy) is 2. The van der Waals surface area contributed by atoms with Gasteiger partial charge in [0.05, 0.1) is 24.4 Å². The molecule has 4 rings (SSSR count). The number of carbonyl (C=O) groups is 1. The Balaban J connectivity index is 1.24. The zero-order valence-electron chi connectivity index (χ0n) is 17.9. The zero-order chi connectivity index (χ0) is 21.0. The fourth-order valence-corrected chi connectivity index (χ4v) is 4.63. The number of aryl methyl sites for hydroxylation is 1. The van der Waals surface area contributed by atoms with E-state index in [4.69, 9.17) is 9.47 Å². The predicted octanol–water partition coefficient (Wildman–Crippen LogP) is 3.34. The molecular weight excluding hydrogens is 378 g/mol. The highest BCUT2D eigenvalue weighted by atomic mass is 16.5. The number of methoxy groups -OCH3 is 1. The van der Waals surface area contributed by atoms with Crippen molar-refractivity contribution >= 4 is 5.91 Å². The van der Waals surface area contributed by atoms with Gasteiger partial charge in [0, 0.05) is 38.6 Å². The number of nitrogens with zero attached hydrogens (tertiary/aromatic N) is 2. The van der Waals surface area contributed by atoms with Crippen LogP contribution in [-0.4, -0.2) is 54.2 Å². The molecule has 30 heavy (non-hydrogen) atoms. The summed E-state index contributed by atoms with van der Waals surface area (Å²) >= 11 is 0. The van der Waals surface area contributed by atoms with E-state index in [2.05, 4.69) is 40.3 Å². The van der Waals surface area contributed by atoms with E-state index >= 15 is 0 Å². The smallest absolute Gasteiger partial charge is 0.252 e. The van der Waals surface area contributed by atoms with Crippen LogP contribution in [0.4, 0.5) is 0 Å². The van der Waals surface area contributed by atoms with Crippen LogP contribution in [0.15, 0.2) is 42.7 Å². The van der Waals surface area contributed by atoms with Gasteiger partial charge < -0.3 is 14.8 Å². The van der Waals surface area contributed by atoms with Gasteiger partial charge >= 0.3 is 0 Å². The lowest BCUT2D eigenvalue weighted by atomic mass is 9.88. The molecule has 0 radical (unpaired) electrons. The maximum absolute atomic E-state index is 12.2. The predicted molar refractivity (Wildman–Crippen MR) is 116 cm³/mol. The summed E-state index contributed by atoms with van der Waals surface area (Å²) < 4.78 is 11.8. The second-order valence-corrected chi connectivity index (χ2v) is 8.49. The molecule has 1 N–H and O–H groups in total. The number of aromatic nitrogens is 1. The molecule has 2 saturated heterocycles. The number of benzene rings is 1. The molecule has 2 aromatic rings. The van der Waals surface area contributed by atoms with Gasteiger partial charge in [0.25, 0.3) is 5.91 Å². The van der Waals surface area contributed by atoms with Gasteiger partial charge in [0.2, 0.25) is 0 Å². The molecule has 2 aliphatic rings. The SMILES string of the molecule is COc1ccc(CN2CCC3(CC[C@H](CNC(=O)c4cccnc4)O3)CC2)cc1C. The Hall–Kier alpha value is -2.44. The van der Waals surface area contributed by atoms with Crippen molar-refractivity contribution < 1.29 is 14.3 Å². The second kappa shape index (κ2) is 9.14. The van der Waals surface area contributed by atoms with Gasteiger partial charge in [-0.1, -0.05) is 12.1 Å². The maximum atomic E-state index is 12.2. The first kappa shape index (κ1) is 20.8. The van der Waals surface area contributed by atoms with Crippen LogP contribution < -0.4 is 10.1 Å². The van der Waals surface area contributed by atoms with Crippen LogP contribution in [0.1, 0.15) is 47.2 Å². The lowest BCUT2D eigenvalue weighted by Gasteiger charge is -2.39. The van der Waals surface area contributed by atoms with Crippen molar-refractivity contribution in [2.45, 2.75) is 50.9 Å². The molecule has 2 aliphatic heterocycles. The molecule has 3 heterocycles. The highest BCUT2D eigenvalue weighted by Crippen LogP contribution is 2.39. The van der Waals surface area contributed by atoms with Gasteiger partial charge in [0.15, 0.2) is 0 Å². The Morgan fingerprint density at radius 3 is 2.83 bits per heavy atom. The van der Waals surface area contributed by atoms with Crippen molar-refractivity contribution in [3.63, 3.8) is 0 Å². The molecule has 6 heteroatoms. The maximum Gasteiger partial charge on any atom is 0.252 e. The fourth-order valence-electron chi connectivity index (χ4n) is 4.63. The average molecular weight is 410 g/mol. The van der Waals surface area contributed by atoms with Gasteiger partial charge in [0.1, 0.15) is 5.75 Å². The molecule has 6 nitrogen and oxygen atoms in total. The van der Waals surface area contributed by atoms with Crippen LogP contribution in [-0.2, 0) is 11.3 Å². The van der Waals surface area contributed by atoms with E-state index in [1.54, 1.807) is 31.6 Å². The number of likely N-dealkylation sites (tertiary alicyclic amines) is 1. The summed E-state index contributed by atoms with van der Waals surface area (Å²) in [6.45, 7) is 5.70. The molecular formula is C24H31N3O3. The Morgan fingerprint density at radius 2 is 2.13 bits per heavy atom. The number of pyridine rings is 1. The van der Waals surface area contributed by atoms with Crippen molar-refractivity contribution in [3.05, 3.63) is 59.4 Å². The van der Waals surface area contributed by atoms with E-state index in [1.165, 1.54) is 11.1 Å². The molecule has 0 bridgehead atoms. The molecule has 1 amide bonds. The fraction of sp³-hybridized carbons (Fsp3) is 0.500. The second-order valence-electron chi connectivity index (χ2n) is 8.49. The summed E-state index contributed by atoms with van der Waals surface area (Å²) in [4.78, 5) is 18.7. The normalized spacial score (nSPS) is 20.9. The van der Waals surface area contributed by atoms with E-state index in [9.17, 15) is 4.79 Å². The lowest BCUT2D eigenvalue weighted by Crippen LogP contribution is -2.44. The van der Waals surface area contributed by atoms with Crippen LogP contribution in [0.3, 0.4) is 0 Å². The first-order valence-corrected chi connectivity index (χ1v) is 10.8. The first-order valence-electron chi connectivity index (χ1n) is 10.8. The van der Waals surface area contributed by atoms with Crippen molar-refractivity contribution in [2.75, 3.05) is 26.7 Å². The van der Waals surface area contributed by atoms with Gasteiger partial charge in [-0.3, -0.25) is 14.7 Å².